The molecule has 5 rings (SSSR count). The van der Waals surface area contributed by atoms with Gasteiger partial charge in [-0.2, -0.15) is 0 Å². The number of anilines is 1. The number of hydrazine groups is 1. The number of benzene rings is 1. The van der Waals surface area contributed by atoms with Gasteiger partial charge in [0.1, 0.15) is 0 Å². The number of hydrogen-bond acceptors (Lipinski definition) is 4. The van der Waals surface area contributed by atoms with Gasteiger partial charge in [0.15, 0.2) is 0 Å². The van der Waals surface area contributed by atoms with E-state index in [1.165, 1.54) is 6.20 Å². The van der Waals surface area contributed by atoms with Crippen LogP contribution >= 0.6 is 11.6 Å². The molecule has 0 spiro atoms. The monoisotopic (exact) mass is 389 g/mol. The lowest BCUT2D eigenvalue weighted by atomic mass is 9.74. The van der Waals surface area contributed by atoms with Gasteiger partial charge in [0.25, 0.3) is 0 Å². The number of urea groups is 1. The van der Waals surface area contributed by atoms with Crippen molar-refractivity contribution in [3.05, 3.63) is 41.2 Å². The van der Waals surface area contributed by atoms with Crippen molar-refractivity contribution in [2.24, 2.45) is 17.5 Å². The summed E-state index contributed by atoms with van der Waals surface area (Å²) in [6.45, 7) is 2.27. The van der Waals surface area contributed by atoms with Gasteiger partial charge in [-0.25, -0.2) is 10.6 Å². The minimum Gasteiger partial charge on any atom is -0.403 e. The van der Waals surface area contributed by atoms with Crippen LogP contribution in [-0.4, -0.2) is 34.1 Å². The number of nitrogens with zero attached hydrogens (tertiary/aromatic N) is 2. The number of hydrogen-bond donors (Lipinski definition) is 3. The summed E-state index contributed by atoms with van der Waals surface area (Å²) in [4.78, 5) is 14.8. The van der Waals surface area contributed by atoms with Crippen LogP contribution in [0.25, 0.3) is 0 Å². The Morgan fingerprint density at radius 2 is 2.04 bits per heavy atom. The zero-order chi connectivity index (χ0) is 19.1. The lowest BCUT2D eigenvalue weighted by Crippen LogP contribution is -2.63. The van der Waals surface area contributed by atoms with Crippen LogP contribution in [0.15, 0.2) is 30.6 Å². The topological polar surface area (TPSA) is 87.6 Å². The number of nitrogens with one attached hydrogen (secondary N) is 1. The van der Waals surface area contributed by atoms with E-state index >= 15 is 0 Å². The first-order valence-corrected chi connectivity index (χ1v) is 10.2. The Bertz CT molecular complexity index is 742. The zero-order valence-electron chi connectivity index (χ0n) is 15.6. The molecular formula is C20H28ClN5O. The largest absolute Gasteiger partial charge is 0.403 e. The van der Waals surface area contributed by atoms with Crippen LogP contribution in [0.1, 0.15) is 50.5 Å². The van der Waals surface area contributed by atoms with Crippen molar-refractivity contribution in [3.63, 3.8) is 0 Å². The molecule has 7 heteroatoms. The van der Waals surface area contributed by atoms with E-state index in [1.807, 2.05) is 23.1 Å². The SMILES string of the molecule is CC1CC2CC(C1)N2C(=O)Nc1ccc(Cl)c(C2CCC2N(N)/C=C\N)c1. The first-order valence-electron chi connectivity index (χ1n) is 9.78. The molecule has 1 aromatic rings. The van der Waals surface area contributed by atoms with Gasteiger partial charge in [-0.1, -0.05) is 18.5 Å². The molecule has 27 heavy (non-hydrogen) atoms. The molecule has 0 aromatic heterocycles. The van der Waals surface area contributed by atoms with E-state index in [0.717, 1.165) is 49.3 Å². The number of halogens is 1. The third-order valence-corrected chi connectivity index (χ3v) is 6.78. The normalized spacial score (nSPS) is 32.0. The highest BCUT2D eigenvalue weighted by molar-refractivity contribution is 6.31. The average Bonchev–Trinajstić information content (AvgIpc) is 2.56. The quantitative estimate of drug-likeness (QED) is 0.542. The van der Waals surface area contributed by atoms with Gasteiger partial charge < -0.3 is 21.0 Å². The number of carbonyl (C=O) groups is 1. The van der Waals surface area contributed by atoms with Crippen LogP contribution < -0.4 is 16.9 Å². The Hall–Kier alpha value is -1.92. The molecule has 2 aliphatic carbocycles. The average molecular weight is 390 g/mol. The number of fused-ring (bicyclic) bond motifs is 2. The second-order valence-electron chi connectivity index (χ2n) is 8.23. The molecule has 4 fully saturated rings. The van der Waals surface area contributed by atoms with Gasteiger partial charge in [-0.05, 0) is 61.8 Å². The number of piperidine rings is 1. The molecule has 5 N–H and O–H groups in total. The van der Waals surface area contributed by atoms with E-state index in [-0.39, 0.29) is 18.0 Å². The Morgan fingerprint density at radius 1 is 1.30 bits per heavy atom. The van der Waals surface area contributed by atoms with Gasteiger partial charge in [-0.3, -0.25) is 0 Å². The van der Waals surface area contributed by atoms with Gasteiger partial charge in [0, 0.05) is 41.1 Å². The molecule has 2 saturated carbocycles. The molecule has 4 atom stereocenters. The molecule has 2 saturated heterocycles. The molecule has 146 valence electrons. The van der Waals surface area contributed by atoms with Crippen molar-refractivity contribution in [2.75, 3.05) is 5.32 Å². The summed E-state index contributed by atoms with van der Waals surface area (Å²) in [5, 5.41) is 5.44. The van der Waals surface area contributed by atoms with Crippen molar-refractivity contribution >= 4 is 23.3 Å². The van der Waals surface area contributed by atoms with E-state index in [9.17, 15) is 4.79 Å². The summed E-state index contributed by atoms with van der Waals surface area (Å²) in [6, 6.07) is 6.70. The van der Waals surface area contributed by atoms with E-state index in [2.05, 4.69) is 12.2 Å². The van der Waals surface area contributed by atoms with Crippen LogP contribution in [0.5, 0.6) is 0 Å². The fourth-order valence-electron chi connectivity index (χ4n) is 4.98. The summed E-state index contributed by atoms with van der Waals surface area (Å²) >= 11 is 6.46. The highest BCUT2D eigenvalue weighted by Gasteiger charge is 2.46. The molecule has 6 nitrogen and oxygen atoms in total. The lowest BCUT2D eigenvalue weighted by Gasteiger charge is -2.54. The summed E-state index contributed by atoms with van der Waals surface area (Å²) in [7, 11) is 0. The highest BCUT2D eigenvalue weighted by atomic mass is 35.5. The summed E-state index contributed by atoms with van der Waals surface area (Å²) in [5.41, 5.74) is 7.28. The molecule has 2 heterocycles. The summed E-state index contributed by atoms with van der Waals surface area (Å²) in [6.07, 6.45) is 8.50. The number of nitrogens with two attached hydrogens (primary N) is 2. The Kier molecular flexibility index (Phi) is 4.95. The molecule has 2 amide bonds. The van der Waals surface area contributed by atoms with Crippen LogP contribution in [-0.2, 0) is 0 Å². The molecule has 2 aliphatic heterocycles. The molecule has 2 bridgehead atoms. The number of rotatable bonds is 4. The third kappa shape index (κ3) is 3.36. The maximum absolute atomic E-state index is 12.8. The Balaban J connectivity index is 1.46. The minimum absolute atomic E-state index is 0.00750. The van der Waals surface area contributed by atoms with Gasteiger partial charge in [-0.15, -0.1) is 0 Å². The fraction of sp³-hybridized carbons (Fsp3) is 0.550. The van der Waals surface area contributed by atoms with Crippen LogP contribution in [0.4, 0.5) is 10.5 Å². The van der Waals surface area contributed by atoms with Crippen molar-refractivity contribution in [2.45, 2.75) is 63.1 Å². The van der Waals surface area contributed by atoms with E-state index in [0.29, 0.717) is 17.1 Å². The standard InChI is InChI=1S/C20H28ClN5O/c1-12-8-14-11-15(9-12)26(14)20(27)24-13-2-4-18(21)17(10-13)16-3-5-19(16)25(23)7-6-22/h2,4,6-7,10,12,14-16,19H,3,5,8-9,11,22-23H2,1H3,(H,24,27)/b7-6-. The van der Waals surface area contributed by atoms with Gasteiger partial charge in [0.2, 0.25) is 0 Å². The van der Waals surface area contributed by atoms with Crippen LogP contribution in [0.3, 0.4) is 0 Å². The second kappa shape index (κ2) is 7.24. The van der Waals surface area contributed by atoms with Crippen molar-refractivity contribution in [3.8, 4) is 0 Å². The fourth-order valence-corrected chi connectivity index (χ4v) is 5.24. The van der Waals surface area contributed by atoms with Crippen molar-refractivity contribution in [1.29, 1.82) is 0 Å². The smallest absolute Gasteiger partial charge is 0.322 e. The lowest BCUT2D eigenvalue weighted by molar-refractivity contribution is -0.00601. The first kappa shape index (κ1) is 18.4. The van der Waals surface area contributed by atoms with E-state index < -0.39 is 0 Å². The summed E-state index contributed by atoms with van der Waals surface area (Å²) in [5.74, 6) is 7.02. The van der Waals surface area contributed by atoms with E-state index in [1.54, 1.807) is 11.2 Å². The van der Waals surface area contributed by atoms with Crippen molar-refractivity contribution < 1.29 is 4.79 Å². The molecule has 0 radical (unpaired) electrons. The number of carbonyl (C=O) groups excluding carboxylic acids is 1. The first-order chi connectivity index (χ1) is 13.0. The zero-order valence-corrected chi connectivity index (χ0v) is 16.4. The van der Waals surface area contributed by atoms with Crippen LogP contribution in [0.2, 0.25) is 5.02 Å². The molecule has 4 unspecified atom stereocenters. The maximum atomic E-state index is 12.8. The van der Waals surface area contributed by atoms with Crippen LogP contribution in [0, 0.1) is 5.92 Å². The third-order valence-electron chi connectivity index (χ3n) is 6.44. The number of amides is 2. The molecule has 1 aromatic carbocycles. The van der Waals surface area contributed by atoms with Gasteiger partial charge >= 0.3 is 6.03 Å². The minimum atomic E-state index is 0.00750. The second-order valence-corrected chi connectivity index (χ2v) is 8.64. The predicted molar refractivity (Wildman–Crippen MR) is 108 cm³/mol. The van der Waals surface area contributed by atoms with E-state index in [4.69, 9.17) is 23.2 Å². The Labute approximate surface area is 165 Å². The molecular weight excluding hydrogens is 362 g/mol. The summed E-state index contributed by atoms with van der Waals surface area (Å²) < 4.78 is 0. The van der Waals surface area contributed by atoms with Gasteiger partial charge in [0.05, 0.1) is 6.04 Å². The maximum Gasteiger partial charge on any atom is 0.322 e. The van der Waals surface area contributed by atoms with Crippen molar-refractivity contribution in [1.82, 2.24) is 9.91 Å². The molecule has 4 aliphatic rings. The predicted octanol–water partition coefficient (Wildman–Crippen LogP) is 3.60. The highest BCUT2D eigenvalue weighted by Crippen LogP contribution is 2.44. The Morgan fingerprint density at radius 3 is 2.67 bits per heavy atom.